The number of piperidine rings is 2. The maximum Gasteiger partial charge on any atom is 0.490 e. The first-order chi connectivity index (χ1) is 27.1. The molecule has 1 aromatic carbocycles. The van der Waals surface area contributed by atoms with Gasteiger partial charge in [0.25, 0.3) is 11.8 Å². The van der Waals surface area contributed by atoms with E-state index in [1.165, 1.54) is 12.8 Å². The lowest BCUT2D eigenvalue weighted by atomic mass is 9.87. The van der Waals surface area contributed by atoms with E-state index in [-0.39, 0.29) is 37.0 Å². The van der Waals surface area contributed by atoms with E-state index in [1.807, 2.05) is 12.1 Å². The summed E-state index contributed by atoms with van der Waals surface area (Å²) in [6.07, 6.45) is -6.97. The summed E-state index contributed by atoms with van der Waals surface area (Å²) in [6.45, 7) is 2.29. The molecule has 13 nitrogen and oxygen atoms in total. The second-order valence-electron chi connectivity index (χ2n) is 14.4. The van der Waals surface area contributed by atoms with Crippen molar-refractivity contribution in [1.82, 2.24) is 15.1 Å². The van der Waals surface area contributed by atoms with Crippen LogP contribution in [0, 0.1) is 5.92 Å². The summed E-state index contributed by atoms with van der Waals surface area (Å²) in [5, 5.41) is 23.8. The van der Waals surface area contributed by atoms with E-state index >= 15 is 0 Å². The molecule has 59 heavy (non-hydrogen) atoms. The lowest BCUT2D eigenvalue weighted by molar-refractivity contribution is -0.193. The summed E-state index contributed by atoms with van der Waals surface area (Å²) in [5.41, 5.74) is 2.73. The van der Waals surface area contributed by atoms with E-state index in [0.717, 1.165) is 55.8 Å². The van der Waals surface area contributed by atoms with Gasteiger partial charge < -0.3 is 25.1 Å². The first-order valence-corrected chi connectivity index (χ1v) is 18.2. The van der Waals surface area contributed by atoms with Crippen molar-refractivity contribution < 1.29 is 92.4 Å². The summed E-state index contributed by atoms with van der Waals surface area (Å²) < 4.78 is 123. The molecule has 6 rings (SSSR count). The Morgan fingerprint density at radius 3 is 1.69 bits per heavy atom. The highest BCUT2D eigenvalue weighted by molar-refractivity contribution is 6.06. The standard InChI is InChI=1S/C29H38F2N4O3.3C2HF3O2/c30-29(31)13-16-33(17-14-29)20-6-8-21(9-7-20)34(15-12-19-4-5-19)24-3-1-2-22-23(24)18-35(28(22)38)25-10-11-26(36)32-27(25)37;3*3-2(4,5)1(6)7/h1-3,19-21,25H,4-18H2,(H,32,36,37);3*(H,6,7). The Bertz CT molecular complexity index is 1630. The van der Waals surface area contributed by atoms with Gasteiger partial charge in [-0.1, -0.05) is 18.9 Å². The number of carbonyl (C=O) groups is 6. The smallest absolute Gasteiger partial charge is 0.475 e. The van der Waals surface area contributed by atoms with Crippen LogP contribution in [0.2, 0.25) is 0 Å². The highest BCUT2D eigenvalue weighted by atomic mass is 19.4. The van der Waals surface area contributed by atoms with Gasteiger partial charge >= 0.3 is 36.4 Å². The van der Waals surface area contributed by atoms with Gasteiger partial charge in [0.2, 0.25) is 11.8 Å². The van der Waals surface area contributed by atoms with Crippen LogP contribution in [-0.4, -0.2) is 123 Å². The second kappa shape index (κ2) is 19.5. The number of nitrogens with zero attached hydrogens (tertiary/aromatic N) is 3. The molecule has 4 N–H and O–H groups in total. The summed E-state index contributed by atoms with van der Waals surface area (Å²) in [4.78, 5) is 70.7. The molecule has 0 spiro atoms. The van der Waals surface area contributed by atoms with Gasteiger partial charge in [-0.3, -0.25) is 24.6 Å². The first-order valence-electron chi connectivity index (χ1n) is 18.2. The molecule has 2 saturated heterocycles. The van der Waals surface area contributed by atoms with Gasteiger partial charge in [0, 0.05) is 74.3 Å². The number of amides is 3. The normalized spacial score (nSPS) is 23.2. The number of imide groups is 1. The zero-order valence-corrected chi connectivity index (χ0v) is 30.9. The summed E-state index contributed by atoms with van der Waals surface area (Å²) in [6, 6.07) is 6.03. The molecule has 1 atom stereocenters. The molecule has 4 fully saturated rings. The predicted octanol–water partition coefficient (Wildman–Crippen LogP) is 6.00. The Morgan fingerprint density at radius 2 is 1.25 bits per heavy atom. The van der Waals surface area contributed by atoms with Gasteiger partial charge in [-0.05, 0) is 56.6 Å². The van der Waals surface area contributed by atoms with Crippen molar-refractivity contribution in [3.8, 4) is 0 Å². The largest absolute Gasteiger partial charge is 0.490 e. The van der Waals surface area contributed by atoms with E-state index < -0.39 is 48.4 Å². The second-order valence-corrected chi connectivity index (χ2v) is 14.4. The number of aliphatic carboxylic acids is 3. The third kappa shape index (κ3) is 14.5. The van der Waals surface area contributed by atoms with Crippen LogP contribution in [0.5, 0.6) is 0 Å². The number of nitrogens with one attached hydrogen (secondary N) is 1. The number of rotatable bonds is 7. The van der Waals surface area contributed by atoms with Gasteiger partial charge in [0.1, 0.15) is 6.04 Å². The van der Waals surface area contributed by atoms with Crippen LogP contribution in [0.3, 0.4) is 0 Å². The minimum atomic E-state index is -5.08. The minimum Gasteiger partial charge on any atom is -0.475 e. The van der Waals surface area contributed by atoms with Crippen molar-refractivity contribution in [1.29, 1.82) is 0 Å². The number of fused-ring (bicyclic) bond motifs is 1. The predicted molar refractivity (Wildman–Crippen MR) is 180 cm³/mol. The van der Waals surface area contributed by atoms with E-state index in [2.05, 4.69) is 21.2 Å². The molecule has 332 valence electrons. The average molecular weight is 871 g/mol. The van der Waals surface area contributed by atoms with Crippen LogP contribution in [0.15, 0.2) is 18.2 Å². The molecule has 0 bridgehead atoms. The van der Waals surface area contributed by atoms with Crippen LogP contribution in [-0.2, 0) is 30.5 Å². The summed E-state index contributed by atoms with van der Waals surface area (Å²) in [5.74, 6) is -10.8. The van der Waals surface area contributed by atoms with Gasteiger partial charge in [-0.2, -0.15) is 39.5 Å². The molecular formula is C35H41F11N4O9. The molecule has 0 radical (unpaired) electrons. The number of anilines is 1. The molecule has 1 unspecified atom stereocenters. The lowest BCUT2D eigenvalue weighted by Crippen LogP contribution is -2.52. The Morgan fingerprint density at radius 1 is 0.763 bits per heavy atom. The number of hydrogen-bond acceptors (Lipinski definition) is 8. The van der Waals surface area contributed by atoms with Crippen molar-refractivity contribution in [3.05, 3.63) is 29.3 Å². The average Bonchev–Trinajstić information content (AvgIpc) is 3.89. The molecule has 3 aliphatic heterocycles. The fourth-order valence-corrected chi connectivity index (χ4v) is 7.02. The fourth-order valence-electron chi connectivity index (χ4n) is 7.02. The van der Waals surface area contributed by atoms with Crippen molar-refractivity contribution in [2.75, 3.05) is 24.5 Å². The van der Waals surface area contributed by atoms with Crippen LogP contribution >= 0.6 is 0 Å². The highest BCUT2D eigenvalue weighted by Gasteiger charge is 2.43. The van der Waals surface area contributed by atoms with Gasteiger partial charge in [0.05, 0.1) is 0 Å². The topological polar surface area (TPSA) is 185 Å². The maximum atomic E-state index is 13.7. The summed E-state index contributed by atoms with van der Waals surface area (Å²) in [7, 11) is 0. The Hall–Kier alpha value is -4.77. The lowest BCUT2D eigenvalue weighted by Gasteiger charge is -2.44. The molecule has 3 heterocycles. The van der Waals surface area contributed by atoms with Crippen LogP contribution in [0.25, 0.3) is 0 Å². The first kappa shape index (κ1) is 48.6. The van der Waals surface area contributed by atoms with Crippen LogP contribution in [0.1, 0.15) is 86.6 Å². The Labute approximate surface area is 328 Å². The third-order valence-corrected chi connectivity index (χ3v) is 10.2. The number of carboxylic acids is 3. The zero-order valence-electron chi connectivity index (χ0n) is 30.9. The molecule has 24 heteroatoms. The molecule has 3 amide bonds. The molecule has 2 saturated carbocycles. The number of hydrogen-bond donors (Lipinski definition) is 4. The van der Waals surface area contributed by atoms with Crippen molar-refractivity contribution in [2.45, 2.75) is 120 Å². The number of halogens is 11. The van der Waals surface area contributed by atoms with Crippen molar-refractivity contribution in [2.24, 2.45) is 5.92 Å². The quantitative estimate of drug-likeness (QED) is 0.186. The molecule has 1 aromatic rings. The van der Waals surface area contributed by atoms with Gasteiger partial charge in [-0.15, -0.1) is 0 Å². The number of carboxylic acid groups (broad SMARTS) is 3. The van der Waals surface area contributed by atoms with Gasteiger partial charge in [0.15, 0.2) is 0 Å². The Balaban J connectivity index is 0.000000365. The fraction of sp³-hybridized carbons (Fsp3) is 0.657. The van der Waals surface area contributed by atoms with Crippen LogP contribution < -0.4 is 10.2 Å². The molecule has 5 aliphatic rings. The van der Waals surface area contributed by atoms with Crippen molar-refractivity contribution >= 4 is 41.3 Å². The number of likely N-dealkylation sites (tertiary alicyclic amines) is 1. The zero-order chi connectivity index (χ0) is 44.7. The Kier molecular flexibility index (Phi) is 16.1. The number of benzene rings is 1. The minimum absolute atomic E-state index is 0.0334. The van der Waals surface area contributed by atoms with E-state index in [9.17, 15) is 62.7 Å². The number of carbonyl (C=O) groups excluding carboxylic acids is 3. The van der Waals surface area contributed by atoms with E-state index in [0.29, 0.717) is 43.7 Å². The monoisotopic (exact) mass is 870 g/mol. The maximum absolute atomic E-state index is 13.7. The number of alkyl halides is 11. The molecular weight excluding hydrogens is 829 g/mol. The van der Waals surface area contributed by atoms with E-state index in [4.69, 9.17) is 29.7 Å². The molecule has 2 aliphatic carbocycles. The van der Waals surface area contributed by atoms with Crippen molar-refractivity contribution in [3.63, 3.8) is 0 Å². The summed E-state index contributed by atoms with van der Waals surface area (Å²) >= 11 is 0. The van der Waals surface area contributed by atoms with Crippen LogP contribution in [0.4, 0.5) is 54.0 Å². The SMILES string of the molecule is O=C(O)C(F)(F)F.O=C(O)C(F)(F)F.O=C(O)C(F)(F)F.O=C1CCC(N2Cc3c(cccc3N(CCC3CC3)C3CCC(N4CCC(F)(F)CC4)CC3)C2=O)C(=O)N1. The van der Waals surface area contributed by atoms with E-state index in [1.54, 1.807) is 4.90 Å². The third-order valence-electron chi connectivity index (χ3n) is 10.2. The highest BCUT2D eigenvalue weighted by Crippen LogP contribution is 2.40. The van der Waals surface area contributed by atoms with Gasteiger partial charge in [-0.25, -0.2) is 23.2 Å². The molecule has 0 aromatic heterocycles.